The number of hydrogen-bond donors (Lipinski definition) is 6. The van der Waals surface area contributed by atoms with Crippen molar-refractivity contribution in [2.45, 2.75) is 47.5 Å². The van der Waals surface area contributed by atoms with E-state index in [2.05, 4.69) is 31.9 Å². The van der Waals surface area contributed by atoms with Crippen molar-refractivity contribution in [3.05, 3.63) is 161 Å². The first kappa shape index (κ1) is 53.3. The molecule has 6 N–H and O–H groups in total. The maximum Gasteiger partial charge on any atom is 0.344 e. The molecule has 18 nitrogen and oxygen atoms in total. The molecule has 0 aromatic heterocycles. The molecular weight excluding hydrogens is 937 g/mol. The van der Waals surface area contributed by atoms with Gasteiger partial charge in [0.1, 0.15) is 17.2 Å². The minimum atomic E-state index is -1.20. The Labute approximate surface area is 423 Å². The zero-order valence-electron chi connectivity index (χ0n) is 41.3. The third-order valence-corrected chi connectivity index (χ3v) is 10.6. The van der Waals surface area contributed by atoms with Gasteiger partial charge in [0, 0.05) is 56.7 Å². The Morgan fingerprint density at radius 1 is 0.356 bits per heavy atom. The van der Waals surface area contributed by atoms with Crippen LogP contribution in [0.3, 0.4) is 0 Å². The number of amides is 6. The van der Waals surface area contributed by atoms with E-state index >= 15 is 0 Å². The number of nitrogens with one attached hydrogen (secondary N) is 6. The molecule has 0 spiro atoms. The number of rotatable bonds is 21. The number of hydrogen-bond acceptors (Lipinski definition) is 12. The first-order valence-electron chi connectivity index (χ1n) is 23.4. The number of esters is 3. The summed E-state index contributed by atoms with van der Waals surface area (Å²) in [6.07, 6.45) is 0. The molecule has 0 aliphatic rings. The second-order valence-corrected chi connectivity index (χ2v) is 16.3. The SMILES string of the molecule is CCOC(=O)COc1ccc(NC(=O)Nc2ccc(C)cc2)cc1C(c1cc(NC(=O)Nc2ccc(C)cc2)ccc1OCC(=O)OCC)c1cc(NC(=O)Nc2ccc(C)cc2)ccc1OCC(=O)OCC. The molecule has 0 radical (unpaired) electrons. The van der Waals surface area contributed by atoms with E-state index in [1.807, 2.05) is 57.2 Å². The van der Waals surface area contributed by atoms with Crippen molar-refractivity contribution in [1.29, 1.82) is 0 Å². The first-order chi connectivity index (χ1) is 35.2. The van der Waals surface area contributed by atoms with Gasteiger partial charge >= 0.3 is 36.0 Å². The fourth-order valence-corrected chi connectivity index (χ4v) is 7.26. The lowest BCUT2D eigenvalue weighted by molar-refractivity contribution is -0.146. The molecule has 0 fully saturated rings. The summed E-state index contributed by atoms with van der Waals surface area (Å²) < 4.78 is 34.3. The Hall–Kier alpha value is -9.06. The summed E-state index contributed by atoms with van der Waals surface area (Å²) >= 11 is 0. The van der Waals surface area contributed by atoms with Gasteiger partial charge in [-0.1, -0.05) is 53.1 Å². The van der Waals surface area contributed by atoms with Crippen molar-refractivity contribution in [1.82, 2.24) is 0 Å². The summed E-state index contributed by atoms with van der Waals surface area (Å²) in [4.78, 5) is 79.6. The van der Waals surface area contributed by atoms with Crippen LogP contribution in [0.2, 0.25) is 0 Å². The molecule has 6 aromatic rings. The minimum absolute atomic E-state index is 0.0769. The van der Waals surface area contributed by atoms with Gasteiger partial charge in [-0.3, -0.25) is 0 Å². The van der Waals surface area contributed by atoms with Gasteiger partial charge in [-0.05, 0) is 133 Å². The summed E-state index contributed by atoms with van der Waals surface area (Å²) in [5.74, 6) is -2.95. The van der Waals surface area contributed by atoms with Crippen molar-refractivity contribution < 1.29 is 57.2 Å². The van der Waals surface area contributed by atoms with Crippen LogP contribution in [0.5, 0.6) is 17.2 Å². The van der Waals surface area contributed by atoms with Crippen LogP contribution in [0.1, 0.15) is 60.1 Å². The number of ether oxygens (including phenoxy) is 6. The summed E-state index contributed by atoms with van der Waals surface area (Å²) in [6.45, 7) is 9.32. The fourth-order valence-electron chi connectivity index (χ4n) is 7.26. The molecule has 0 aliphatic heterocycles. The highest BCUT2D eigenvalue weighted by Gasteiger charge is 2.30. The highest BCUT2D eigenvalue weighted by molar-refractivity contribution is 6.01. The van der Waals surface area contributed by atoms with Crippen LogP contribution >= 0.6 is 0 Å². The van der Waals surface area contributed by atoms with Crippen molar-refractivity contribution in [3.63, 3.8) is 0 Å². The summed E-state index contributed by atoms with van der Waals surface area (Å²) in [5.41, 5.74) is 6.04. The van der Waals surface area contributed by atoms with Crippen LogP contribution in [0.4, 0.5) is 48.5 Å². The Morgan fingerprint density at radius 2 is 0.589 bits per heavy atom. The normalized spacial score (nSPS) is 10.6. The molecule has 0 unspecified atom stereocenters. The van der Waals surface area contributed by atoms with Crippen LogP contribution in [0, 0.1) is 20.8 Å². The van der Waals surface area contributed by atoms with Gasteiger partial charge in [0.15, 0.2) is 19.8 Å². The Bertz CT molecular complexity index is 2580. The lowest BCUT2D eigenvalue weighted by Crippen LogP contribution is -2.22. The largest absolute Gasteiger partial charge is 0.482 e. The zero-order chi connectivity index (χ0) is 52.3. The van der Waals surface area contributed by atoms with E-state index in [0.717, 1.165) is 16.7 Å². The lowest BCUT2D eigenvalue weighted by Gasteiger charge is -2.27. The van der Waals surface area contributed by atoms with Gasteiger partial charge in [-0.25, -0.2) is 28.8 Å². The third-order valence-electron chi connectivity index (χ3n) is 10.6. The monoisotopic (exact) mass is 994 g/mol. The van der Waals surface area contributed by atoms with E-state index in [1.165, 1.54) is 18.2 Å². The molecule has 6 amide bonds. The number of anilines is 6. The maximum atomic E-state index is 13.6. The second-order valence-electron chi connectivity index (χ2n) is 16.3. The number of carbonyl (C=O) groups is 6. The molecule has 6 rings (SSSR count). The van der Waals surface area contributed by atoms with Gasteiger partial charge in [0.05, 0.1) is 19.8 Å². The van der Waals surface area contributed by atoms with Crippen molar-refractivity contribution in [2.75, 3.05) is 71.5 Å². The number of carbonyl (C=O) groups excluding carboxylic acids is 6. The number of aryl methyl sites for hydroxylation is 3. The van der Waals surface area contributed by atoms with E-state index in [1.54, 1.807) is 93.6 Å². The molecule has 0 heterocycles. The van der Waals surface area contributed by atoms with Gasteiger partial charge in [-0.2, -0.15) is 0 Å². The predicted octanol–water partition coefficient (Wildman–Crippen LogP) is 10.5. The van der Waals surface area contributed by atoms with E-state index in [4.69, 9.17) is 28.4 Å². The second kappa shape index (κ2) is 26.2. The molecule has 18 heteroatoms. The summed E-state index contributed by atoms with van der Waals surface area (Å²) in [7, 11) is 0. The highest BCUT2D eigenvalue weighted by Crippen LogP contribution is 2.47. The van der Waals surface area contributed by atoms with Gasteiger partial charge < -0.3 is 60.3 Å². The Balaban J connectivity index is 1.58. The van der Waals surface area contributed by atoms with Crippen molar-refractivity contribution in [2.24, 2.45) is 0 Å². The molecule has 73 heavy (non-hydrogen) atoms. The van der Waals surface area contributed by atoms with Crippen LogP contribution in [-0.4, -0.2) is 75.6 Å². The highest BCUT2D eigenvalue weighted by atomic mass is 16.6. The molecule has 380 valence electrons. The van der Waals surface area contributed by atoms with Crippen LogP contribution in [-0.2, 0) is 28.6 Å². The van der Waals surface area contributed by atoms with Gasteiger partial charge in [-0.15, -0.1) is 0 Å². The molecule has 0 aliphatic carbocycles. The molecule has 0 bridgehead atoms. The topological polar surface area (TPSA) is 230 Å². The fraction of sp³-hybridized carbons (Fsp3) is 0.236. The maximum absolute atomic E-state index is 13.6. The molecule has 0 atom stereocenters. The first-order valence-corrected chi connectivity index (χ1v) is 23.4. The van der Waals surface area contributed by atoms with E-state index in [9.17, 15) is 28.8 Å². The summed E-state index contributed by atoms with van der Waals surface area (Å²) in [5, 5.41) is 17.1. The van der Waals surface area contributed by atoms with Crippen LogP contribution in [0.15, 0.2) is 127 Å². The standard InChI is InChI=1S/C55H58N6O12/c1-7-68-49(62)31-71-46-25-22-40(59-53(65)56-37-16-10-34(4)11-17-37)28-43(46)52(44-29-41(23-26-47(44)72-32-50(63)69-8-2)60-54(66)57-38-18-12-35(5)13-19-38)45-30-42(24-27-48(45)73-33-51(64)70-9-3)61-55(67)58-39-20-14-36(6)15-21-39/h10-30,52H,7-9,31-33H2,1-6H3,(H2,56,59,65)(H2,57,60,66)(H2,58,61,67). The van der Waals surface area contributed by atoms with Crippen molar-refractivity contribution >= 4 is 70.1 Å². The number of benzene rings is 6. The predicted molar refractivity (Wildman–Crippen MR) is 278 cm³/mol. The number of urea groups is 3. The molecule has 6 aromatic carbocycles. The van der Waals surface area contributed by atoms with E-state index in [-0.39, 0.29) is 70.8 Å². The summed E-state index contributed by atoms with van der Waals surface area (Å²) in [6, 6.07) is 33.9. The van der Waals surface area contributed by atoms with Gasteiger partial charge in [0.2, 0.25) is 0 Å². The lowest BCUT2D eigenvalue weighted by atomic mass is 9.82. The van der Waals surface area contributed by atoms with Crippen molar-refractivity contribution in [3.8, 4) is 17.2 Å². The minimum Gasteiger partial charge on any atom is -0.482 e. The van der Waals surface area contributed by atoms with Crippen LogP contribution < -0.4 is 46.1 Å². The third kappa shape index (κ3) is 16.2. The Kier molecular flexibility index (Phi) is 19.2. The molecular formula is C55H58N6O12. The van der Waals surface area contributed by atoms with E-state index < -0.39 is 61.7 Å². The van der Waals surface area contributed by atoms with Crippen LogP contribution in [0.25, 0.3) is 0 Å². The average Bonchev–Trinajstić information content (AvgIpc) is 3.35. The smallest absolute Gasteiger partial charge is 0.344 e. The Morgan fingerprint density at radius 3 is 0.836 bits per heavy atom. The average molecular weight is 995 g/mol. The molecule has 0 saturated heterocycles. The van der Waals surface area contributed by atoms with Gasteiger partial charge in [0.25, 0.3) is 0 Å². The zero-order valence-corrected chi connectivity index (χ0v) is 41.3. The quantitative estimate of drug-likeness (QED) is 0.0225. The van der Waals surface area contributed by atoms with E-state index in [0.29, 0.717) is 17.1 Å². The molecule has 0 saturated carbocycles.